The highest BCUT2D eigenvalue weighted by Crippen LogP contribution is 2.31. The lowest BCUT2D eigenvalue weighted by molar-refractivity contribution is 0.103. The zero-order chi connectivity index (χ0) is 21.4. The second-order valence-corrected chi connectivity index (χ2v) is 8.29. The third kappa shape index (κ3) is 3.89. The molecule has 5 rings (SSSR count). The molecule has 3 aromatic heterocycles. The van der Waals surface area contributed by atoms with E-state index in [2.05, 4.69) is 20.3 Å². The highest BCUT2D eigenvalue weighted by Gasteiger charge is 2.18. The van der Waals surface area contributed by atoms with Crippen molar-refractivity contribution in [2.45, 2.75) is 6.92 Å². The van der Waals surface area contributed by atoms with Gasteiger partial charge in [-0.1, -0.05) is 0 Å². The average molecular weight is 438 g/mol. The Morgan fingerprint density at radius 1 is 1.13 bits per heavy atom. The largest absolute Gasteiger partial charge is 0.378 e. The lowest BCUT2D eigenvalue weighted by Crippen LogP contribution is -2.36. The summed E-state index contributed by atoms with van der Waals surface area (Å²) in [4.78, 5) is 20.8. The van der Waals surface area contributed by atoms with Gasteiger partial charge in [-0.25, -0.2) is 14.1 Å². The first kappa shape index (κ1) is 19.7. The van der Waals surface area contributed by atoms with E-state index in [1.807, 2.05) is 25.1 Å². The van der Waals surface area contributed by atoms with Crippen LogP contribution < -0.4 is 10.2 Å². The van der Waals surface area contributed by atoms with Crippen LogP contribution >= 0.6 is 11.3 Å². The number of ether oxygens (including phenoxy) is 1. The van der Waals surface area contributed by atoms with Crippen LogP contribution in [-0.2, 0) is 4.74 Å². The van der Waals surface area contributed by atoms with Crippen LogP contribution in [0.3, 0.4) is 0 Å². The normalized spacial score (nSPS) is 14.2. The maximum atomic E-state index is 13.3. The molecule has 1 amide bonds. The molecule has 4 heterocycles. The smallest absolute Gasteiger partial charge is 0.266 e. The number of halogens is 1. The standard InChI is InChI=1S/C22H20FN5O2S/c1-14-18-12-19(31-22(18)28(26-14)16-4-2-15(23)3-5-16)21(29)25-20-7-6-17(13-24-20)27-8-10-30-11-9-27/h2-7,12-13H,8-11H2,1H3,(H,24,25,29). The monoisotopic (exact) mass is 437 g/mol. The molecule has 158 valence electrons. The van der Waals surface area contributed by atoms with E-state index in [1.54, 1.807) is 23.0 Å². The number of carbonyl (C=O) groups is 1. The van der Waals surface area contributed by atoms with Gasteiger partial charge in [0.2, 0.25) is 0 Å². The van der Waals surface area contributed by atoms with Crippen LogP contribution in [0.4, 0.5) is 15.9 Å². The number of hydrogen-bond donors (Lipinski definition) is 1. The van der Waals surface area contributed by atoms with Gasteiger partial charge < -0.3 is 15.0 Å². The second kappa shape index (κ2) is 8.09. The quantitative estimate of drug-likeness (QED) is 0.522. The highest BCUT2D eigenvalue weighted by molar-refractivity contribution is 7.20. The molecule has 9 heteroatoms. The molecule has 31 heavy (non-hydrogen) atoms. The van der Waals surface area contributed by atoms with E-state index in [-0.39, 0.29) is 11.7 Å². The molecule has 1 fully saturated rings. The van der Waals surface area contributed by atoms with E-state index in [9.17, 15) is 9.18 Å². The average Bonchev–Trinajstić information content (AvgIpc) is 3.36. The summed E-state index contributed by atoms with van der Waals surface area (Å²) in [6, 6.07) is 11.7. The zero-order valence-corrected chi connectivity index (χ0v) is 17.7. The van der Waals surface area contributed by atoms with E-state index >= 15 is 0 Å². The third-order valence-corrected chi connectivity index (χ3v) is 6.31. The fourth-order valence-electron chi connectivity index (χ4n) is 3.56. The van der Waals surface area contributed by atoms with Gasteiger partial charge in [0, 0.05) is 18.5 Å². The van der Waals surface area contributed by atoms with E-state index < -0.39 is 0 Å². The van der Waals surface area contributed by atoms with Gasteiger partial charge in [-0.2, -0.15) is 5.10 Å². The van der Waals surface area contributed by atoms with Gasteiger partial charge in [-0.05, 0) is 49.4 Å². The lowest BCUT2D eigenvalue weighted by Gasteiger charge is -2.28. The molecule has 1 aliphatic rings. The number of morpholine rings is 1. The summed E-state index contributed by atoms with van der Waals surface area (Å²) in [7, 11) is 0. The number of nitrogens with zero attached hydrogens (tertiary/aromatic N) is 4. The van der Waals surface area contributed by atoms with Crippen LogP contribution in [0, 0.1) is 12.7 Å². The number of benzene rings is 1. The van der Waals surface area contributed by atoms with Crippen LogP contribution in [0.1, 0.15) is 15.4 Å². The van der Waals surface area contributed by atoms with Gasteiger partial charge in [-0.15, -0.1) is 11.3 Å². The molecule has 1 saturated heterocycles. The molecule has 0 unspecified atom stereocenters. The molecule has 0 bridgehead atoms. The Kier molecular flexibility index (Phi) is 5.13. The summed E-state index contributed by atoms with van der Waals surface area (Å²) < 4.78 is 20.4. The Bertz CT molecular complexity index is 1230. The molecular weight excluding hydrogens is 417 g/mol. The van der Waals surface area contributed by atoms with Gasteiger partial charge >= 0.3 is 0 Å². The molecule has 0 saturated carbocycles. The van der Waals surface area contributed by atoms with E-state index in [0.29, 0.717) is 23.9 Å². The molecular formula is C22H20FN5O2S. The van der Waals surface area contributed by atoms with Gasteiger partial charge in [0.05, 0.1) is 41.4 Å². The molecule has 0 atom stereocenters. The Morgan fingerprint density at radius 3 is 2.58 bits per heavy atom. The van der Waals surface area contributed by atoms with Crippen molar-refractivity contribution in [3.63, 3.8) is 0 Å². The number of carbonyl (C=O) groups excluding carboxylic acids is 1. The molecule has 7 nitrogen and oxygen atoms in total. The molecule has 4 aromatic rings. The number of aromatic nitrogens is 3. The molecule has 0 spiro atoms. The van der Waals surface area contributed by atoms with Crippen molar-refractivity contribution in [3.8, 4) is 5.69 Å². The summed E-state index contributed by atoms with van der Waals surface area (Å²) in [6.45, 7) is 4.97. The van der Waals surface area contributed by atoms with Crippen LogP contribution in [0.5, 0.6) is 0 Å². The fraction of sp³-hybridized carbons (Fsp3) is 0.227. The number of nitrogens with one attached hydrogen (secondary N) is 1. The number of hydrogen-bond acceptors (Lipinski definition) is 6. The maximum Gasteiger partial charge on any atom is 0.266 e. The van der Waals surface area contributed by atoms with Gasteiger partial charge in [0.1, 0.15) is 16.5 Å². The molecule has 1 N–H and O–H groups in total. The number of thiophene rings is 1. The number of rotatable bonds is 4. The van der Waals surface area contributed by atoms with Crippen LogP contribution in [0.25, 0.3) is 15.9 Å². The van der Waals surface area contributed by atoms with Crippen molar-refractivity contribution >= 4 is 39.0 Å². The maximum absolute atomic E-state index is 13.3. The molecule has 1 aromatic carbocycles. The first-order chi connectivity index (χ1) is 15.1. The minimum Gasteiger partial charge on any atom is -0.378 e. The van der Waals surface area contributed by atoms with E-state index in [4.69, 9.17) is 4.74 Å². The number of aryl methyl sites for hydroxylation is 1. The summed E-state index contributed by atoms with van der Waals surface area (Å²) in [6.07, 6.45) is 1.77. The van der Waals surface area contributed by atoms with Crippen molar-refractivity contribution in [1.29, 1.82) is 0 Å². The lowest BCUT2D eigenvalue weighted by atomic mass is 10.3. The summed E-state index contributed by atoms with van der Waals surface area (Å²) in [5.41, 5.74) is 2.56. The summed E-state index contributed by atoms with van der Waals surface area (Å²) in [5, 5.41) is 8.30. The first-order valence-electron chi connectivity index (χ1n) is 9.94. The Morgan fingerprint density at radius 2 is 1.87 bits per heavy atom. The Balaban J connectivity index is 1.36. The number of fused-ring (bicyclic) bond motifs is 1. The third-order valence-electron chi connectivity index (χ3n) is 5.21. The van der Waals surface area contributed by atoms with E-state index in [1.165, 1.54) is 23.5 Å². The topological polar surface area (TPSA) is 72.3 Å². The highest BCUT2D eigenvalue weighted by atomic mass is 32.1. The van der Waals surface area contributed by atoms with Crippen molar-refractivity contribution in [1.82, 2.24) is 14.8 Å². The summed E-state index contributed by atoms with van der Waals surface area (Å²) >= 11 is 1.34. The Labute approximate surface area is 182 Å². The fourth-order valence-corrected chi connectivity index (χ4v) is 4.64. The minimum atomic E-state index is -0.303. The van der Waals surface area contributed by atoms with Crippen molar-refractivity contribution in [2.75, 3.05) is 36.5 Å². The van der Waals surface area contributed by atoms with Crippen molar-refractivity contribution in [3.05, 3.63) is 65.0 Å². The number of anilines is 2. The first-order valence-corrected chi connectivity index (χ1v) is 10.8. The van der Waals surface area contributed by atoms with Crippen molar-refractivity contribution < 1.29 is 13.9 Å². The molecule has 0 radical (unpaired) electrons. The van der Waals surface area contributed by atoms with Gasteiger partial charge in [0.25, 0.3) is 5.91 Å². The van der Waals surface area contributed by atoms with Gasteiger partial charge in [0.15, 0.2) is 0 Å². The molecule has 0 aliphatic carbocycles. The van der Waals surface area contributed by atoms with E-state index in [0.717, 1.165) is 40.4 Å². The number of pyridine rings is 1. The van der Waals surface area contributed by atoms with Crippen LogP contribution in [-0.4, -0.2) is 47.0 Å². The van der Waals surface area contributed by atoms with Crippen LogP contribution in [0.15, 0.2) is 48.7 Å². The van der Waals surface area contributed by atoms with Gasteiger partial charge in [-0.3, -0.25) is 4.79 Å². The summed E-state index contributed by atoms with van der Waals surface area (Å²) in [5.74, 6) is -0.0310. The predicted molar refractivity (Wildman–Crippen MR) is 119 cm³/mol. The minimum absolute atomic E-state index is 0.224. The molecule has 1 aliphatic heterocycles. The van der Waals surface area contributed by atoms with Crippen molar-refractivity contribution in [2.24, 2.45) is 0 Å². The van der Waals surface area contributed by atoms with Crippen LogP contribution in [0.2, 0.25) is 0 Å². The zero-order valence-electron chi connectivity index (χ0n) is 16.8. The SMILES string of the molecule is Cc1nn(-c2ccc(F)cc2)c2sc(C(=O)Nc3ccc(N4CCOCC4)cn3)cc12. The Hall–Kier alpha value is -3.30. The number of amides is 1. The predicted octanol–water partition coefficient (Wildman–Crippen LogP) is 4.02. The second-order valence-electron chi connectivity index (χ2n) is 7.26.